The maximum Gasteiger partial charge on any atom is 0.229 e. The Balaban J connectivity index is 1.64. The lowest BCUT2D eigenvalue weighted by atomic mass is 9.77. The molecule has 1 unspecified atom stereocenters. The highest BCUT2D eigenvalue weighted by atomic mass is 16.5. The smallest absolute Gasteiger partial charge is 0.229 e. The Labute approximate surface area is 108 Å². The molecule has 2 aliphatic carbocycles. The highest BCUT2D eigenvalue weighted by Crippen LogP contribution is 2.38. The average Bonchev–Trinajstić information content (AvgIpc) is 2.95. The summed E-state index contributed by atoms with van der Waals surface area (Å²) < 4.78 is 5.42. The minimum atomic E-state index is -0.297. The number of rotatable bonds is 4. The molecule has 0 bridgehead atoms. The van der Waals surface area contributed by atoms with Gasteiger partial charge in [0.1, 0.15) is 0 Å². The molecule has 4 heteroatoms. The molecule has 1 aromatic rings. The number of hydrogen-bond acceptors (Lipinski definition) is 4. The summed E-state index contributed by atoms with van der Waals surface area (Å²) >= 11 is 0. The number of hydrogen-bond donors (Lipinski definition) is 1. The van der Waals surface area contributed by atoms with Crippen molar-refractivity contribution >= 4 is 0 Å². The van der Waals surface area contributed by atoms with Crippen LogP contribution >= 0.6 is 0 Å². The number of nitrogens with zero attached hydrogens (tertiary/aromatic N) is 2. The van der Waals surface area contributed by atoms with Crippen LogP contribution < -0.4 is 5.73 Å². The summed E-state index contributed by atoms with van der Waals surface area (Å²) in [6.07, 6.45) is 9.85. The summed E-state index contributed by atoms with van der Waals surface area (Å²) in [5.74, 6) is 2.74. The fraction of sp³-hybridized carbons (Fsp3) is 0.857. The maximum atomic E-state index is 6.22. The predicted molar refractivity (Wildman–Crippen MR) is 69.0 cm³/mol. The Hall–Kier alpha value is -0.900. The first-order chi connectivity index (χ1) is 8.67. The summed E-state index contributed by atoms with van der Waals surface area (Å²) in [5, 5.41) is 4.09. The van der Waals surface area contributed by atoms with E-state index in [-0.39, 0.29) is 5.54 Å². The van der Waals surface area contributed by atoms with Crippen LogP contribution in [-0.2, 0) is 5.54 Å². The fourth-order valence-electron chi connectivity index (χ4n) is 3.27. The molecule has 2 N–H and O–H groups in total. The van der Waals surface area contributed by atoms with Crippen molar-refractivity contribution in [2.75, 3.05) is 0 Å². The van der Waals surface area contributed by atoms with E-state index in [0.717, 1.165) is 30.5 Å². The lowest BCUT2D eigenvalue weighted by Crippen LogP contribution is -2.44. The van der Waals surface area contributed by atoms with E-state index < -0.39 is 0 Å². The van der Waals surface area contributed by atoms with Crippen molar-refractivity contribution in [2.24, 2.45) is 11.7 Å². The van der Waals surface area contributed by atoms with Gasteiger partial charge in [-0.3, -0.25) is 0 Å². The molecule has 0 saturated heterocycles. The molecule has 100 valence electrons. The van der Waals surface area contributed by atoms with E-state index >= 15 is 0 Å². The monoisotopic (exact) mass is 249 g/mol. The molecule has 2 saturated carbocycles. The second-order valence-electron chi connectivity index (χ2n) is 6.25. The summed E-state index contributed by atoms with van der Waals surface area (Å²) in [4.78, 5) is 4.54. The first kappa shape index (κ1) is 12.2. The zero-order chi connectivity index (χ0) is 12.6. The standard InChI is InChI=1S/C14H23N3O/c1-10(9-11-5-2-3-6-11)12-16-13(17-18-12)14(15)7-4-8-14/h10-11H,2-9,15H2,1H3. The van der Waals surface area contributed by atoms with E-state index in [1.165, 1.54) is 38.5 Å². The van der Waals surface area contributed by atoms with Crippen LogP contribution in [0.3, 0.4) is 0 Å². The van der Waals surface area contributed by atoms with E-state index in [2.05, 4.69) is 17.1 Å². The second kappa shape index (κ2) is 4.65. The lowest BCUT2D eigenvalue weighted by molar-refractivity contribution is 0.228. The molecule has 1 aromatic heterocycles. The van der Waals surface area contributed by atoms with Gasteiger partial charge in [0.2, 0.25) is 5.89 Å². The van der Waals surface area contributed by atoms with Gasteiger partial charge in [0, 0.05) is 5.92 Å². The Morgan fingerprint density at radius 2 is 2.06 bits per heavy atom. The fourth-order valence-corrected chi connectivity index (χ4v) is 3.27. The third-order valence-electron chi connectivity index (χ3n) is 4.72. The van der Waals surface area contributed by atoms with Crippen molar-refractivity contribution < 1.29 is 4.52 Å². The Morgan fingerprint density at radius 1 is 1.33 bits per heavy atom. The largest absolute Gasteiger partial charge is 0.339 e. The molecular formula is C14H23N3O. The topological polar surface area (TPSA) is 64.9 Å². The van der Waals surface area contributed by atoms with Crippen LogP contribution in [0.1, 0.15) is 75.9 Å². The van der Waals surface area contributed by atoms with Gasteiger partial charge in [-0.25, -0.2) is 0 Å². The van der Waals surface area contributed by atoms with Gasteiger partial charge in [0.15, 0.2) is 5.82 Å². The van der Waals surface area contributed by atoms with Crippen LogP contribution in [-0.4, -0.2) is 10.1 Å². The number of nitrogens with two attached hydrogens (primary N) is 1. The summed E-state index contributed by atoms with van der Waals surface area (Å²) in [6.45, 7) is 2.19. The molecule has 0 aliphatic heterocycles. The van der Waals surface area contributed by atoms with Crippen LogP contribution in [0.5, 0.6) is 0 Å². The predicted octanol–water partition coefficient (Wildman–Crippen LogP) is 3.09. The Kier molecular flexibility index (Phi) is 3.14. The lowest BCUT2D eigenvalue weighted by Gasteiger charge is -2.34. The van der Waals surface area contributed by atoms with Crippen molar-refractivity contribution in [3.63, 3.8) is 0 Å². The molecule has 1 atom stereocenters. The molecule has 0 amide bonds. The zero-order valence-electron chi connectivity index (χ0n) is 11.2. The molecule has 18 heavy (non-hydrogen) atoms. The minimum absolute atomic E-state index is 0.297. The molecule has 0 radical (unpaired) electrons. The summed E-state index contributed by atoms with van der Waals surface area (Å²) in [5.41, 5.74) is 5.92. The van der Waals surface area contributed by atoms with Gasteiger partial charge in [-0.05, 0) is 31.6 Å². The summed E-state index contributed by atoms with van der Waals surface area (Å²) in [7, 11) is 0. The van der Waals surface area contributed by atoms with E-state index in [1.807, 2.05) is 0 Å². The average molecular weight is 249 g/mol. The number of aromatic nitrogens is 2. The van der Waals surface area contributed by atoms with Crippen LogP contribution in [0, 0.1) is 5.92 Å². The van der Waals surface area contributed by atoms with Gasteiger partial charge in [-0.1, -0.05) is 37.8 Å². The first-order valence-corrected chi connectivity index (χ1v) is 7.30. The molecule has 2 fully saturated rings. The quantitative estimate of drug-likeness (QED) is 0.890. The van der Waals surface area contributed by atoms with Gasteiger partial charge < -0.3 is 10.3 Å². The molecule has 1 heterocycles. The third-order valence-corrected chi connectivity index (χ3v) is 4.72. The molecular weight excluding hydrogens is 226 g/mol. The molecule has 0 spiro atoms. The molecule has 0 aromatic carbocycles. The van der Waals surface area contributed by atoms with Crippen molar-refractivity contribution in [2.45, 2.75) is 69.7 Å². The normalized spacial score (nSPS) is 25.0. The van der Waals surface area contributed by atoms with E-state index in [1.54, 1.807) is 0 Å². The van der Waals surface area contributed by atoms with Gasteiger partial charge in [-0.2, -0.15) is 4.98 Å². The van der Waals surface area contributed by atoms with Gasteiger partial charge in [-0.15, -0.1) is 0 Å². The highest BCUT2D eigenvalue weighted by Gasteiger charge is 2.39. The molecule has 3 rings (SSSR count). The Bertz CT molecular complexity index is 405. The van der Waals surface area contributed by atoms with Gasteiger partial charge in [0.05, 0.1) is 5.54 Å². The zero-order valence-corrected chi connectivity index (χ0v) is 11.2. The van der Waals surface area contributed by atoms with Crippen LogP contribution in [0.4, 0.5) is 0 Å². The third kappa shape index (κ3) is 2.18. The highest BCUT2D eigenvalue weighted by molar-refractivity contribution is 5.09. The van der Waals surface area contributed by atoms with Gasteiger partial charge >= 0.3 is 0 Å². The van der Waals surface area contributed by atoms with Crippen LogP contribution in [0.15, 0.2) is 4.52 Å². The Morgan fingerprint density at radius 3 is 2.67 bits per heavy atom. The first-order valence-electron chi connectivity index (χ1n) is 7.30. The van der Waals surface area contributed by atoms with Crippen LogP contribution in [0.25, 0.3) is 0 Å². The van der Waals surface area contributed by atoms with Crippen molar-refractivity contribution in [1.29, 1.82) is 0 Å². The SMILES string of the molecule is CC(CC1CCCC1)c1nc(C2(N)CCC2)no1. The van der Waals surface area contributed by atoms with E-state index in [9.17, 15) is 0 Å². The van der Waals surface area contributed by atoms with Gasteiger partial charge in [0.25, 0.3) is 0 Å². The minimum Gasteiger partial charge on any atom is -0.339 e. The van der Waals surface area contributed by atoms with E-state index in [4.69, 9.17) is 10.3 Å². The van der Waals surface area contributed by atoms with Crippen molar-refractivity contribution in [3.05, 3.63) is 11.7 Å². The molecule has 4 nitrogen and oxygen atoms in total. The summed E-state index contributed by atoms with van der Waals surface area (Å²) in [6, 6.07) is 0. The van der Waals surface area contributed by atoms with E-state index in [0.29, 0.717) is 5.92 Å². The van der Waals surface area contributed by atoms with Crippen molar-refractivity contribution in [1.82, 2.24) is 10.1 Å². The van der Waals surface area contributed by atoms with Crippen molar-refractivity contribution in [3.8, 4) is 0 Å². The van der Waals surface area contributed by atoms with Crippen LogP contribution in [0.2, 0.25) is 0 Å². The second-order valence-corrected chi connectivity index (χ2v) is 6.25. The molecule has 2 aliphatic rings. The maximum absolute atomic E-state index is 6.22.